The van der Waals surface area contributed by atoms with Gasteiger partial charge in [0.2, 0.25) is 0 Å². The number of nitrogens with zero attached hydrogens (tertiary/aromatic N) is 1. The molecule has 4 nitrogen and oxygen atoms in total. The summed E-state index contributed by atoms with van der Waals surface area (Å²) in [6, 6.07) is 13.1. The molecular formula is C20H21NO3. The molecule has 1 heterocycles. The van der Waals surface area contributed by atoms with Gasteiger partial charge in [-0.25, -0.2) is 4.79 Å². The molecular weight excluding hydrogens is 302 g/mol. The number of carbonyl (C=O) groups is 2. The van der Waals surface area contributed by atoms with Crippen LogP contribution in [0.4, 0.5) is 0 Å². The molecule has 124 valence electrons. The number of benzene rings is 2. The van der Waals surface area contributed by atoms with Crippen molar-refractivity contribution in [3.05, 3.63) is 70.3 Å². The lowest BCUT2D eigenvalue weighted by molar-refractivity contribution is 0.0696. The first-order chi connectivity index (χ1) is 11.5. The molecule has 0 aliphatic carbocycles. The molecule has 1 N–H and O–H groups in total. The van der Waals surface area contributed by atoms with E-state index in [1.54, 1.807) is 25.1 Å². The Labute approximate surface area is 141 Å². The van der Waals surface area contributed by atoms with E-state index >= 15 is 0 Å². The molecule has 0 unspecified atom stereocenters. The number of rotatable bonds is 4. The molecule has 0 saturated heterocycles. The van der Waals surface area contributed by atoms with E-state index in [1.165, 1.54) is 11.1 Å². The van der Waals surface area contributed by atoms with Gasteiger partial charge in [0, 0.05) is 25.2 Å². The lowest BCUT2D eigenvalue weighted by Gasteiger charge is -2.19. The van der Waals surface area contributed by atoms with Crippen LogP contribution >= 0.6 is 0 Å². The number of hydrogen-bond donors (Lipinski definition) is 1. The fourth-order valence-corrected chi connectivity index (χ4v) is 3.21. The largest absolute Gasteiger partial charge is 0.478 e. The van der Waals surface area contributed by atoms with E-state index < -0.39 is 5.97 Å². The number of Topliss-reactive ketones (excluding diaryl/α,β-unsaturated/α-hetero) is 1. The highest BCUT2D eigenvalue weighted by Gasteiger charge is 2.16. The van der Waals surface area contributed by atoms with Crippen LogP contribution in [0.15, 0.2) is 42.5 Å². The van der Waals surface area contributed by atoms with Crippen LogP contribution in [0.5, 0.6) is 0 Å². The summed E-state index contributed by atoms with van der Waals surface area (Å²) in [6.07, 6.45) is 1.86. The molecule has 0 bridgehead atoms. The molecule has 3 rings (SSSR count). The van der Waals surface area contributed by atoms with Gasteiger partial charge in [0.05, 0.1) is 5.56 Å². The Morgan fingerprint density at radius 2 is 1.75 bits per heavy atom. The molecule has 0 amide bonds. The summed E-state index contributed by atoms with van der Waals surface area (Å²) in [7, 11) is 0. The van der Waals surface area contributed by atoms with Gasteiger partial charge in [0.25, 0.3) is 0 Å². The summed E-state index contributed by atoms with van der Waals surface area (Å²) < 4.78 is 0. The van der Waals surface area contributed by atoms with Crippen molar-refractivity contribution in [1.82, 2.24) is 4.90 Å². The van der Waals surface area contributed by atoms with Crippen molar-refractivity contribution >= 4 is 11.8 Å². The highest BCUT2D eigenvalue weighted by atomic mass is 16.4. The zero-order chi connectivity index (χ0) is 17.1. The van der Waals surface area contributed by atoms with Crippen LogP contribution in [-0.4, -0.2) is 34.8 Å². The highest BCUT2D eigenvalue weighted by molar-refractivity contribution is 5.94. The van der Waals surface area contributed by atoms with E-state index in [-0.39, 0.29) is 5.78 Å². The topological polar surface area (TPSA) is 57.6 Å². The number of hydrogen-bond acceptors (Lipinski definition) is 3. The molecule has 1 aliphatic rings. The molecule has 2 aromatic carbocycles. The van der Waals surface area contributed by atoms with Crippen LogP contribution in [0, 0.1) is 0 Å². The standard InChI is InChI=1S/C20H21NO3/c1-14(22)17-6-5-16-7-9-21(10-8-18(16)12-17)13-15-3-2-4-19(11-15)20(23)24/h2-6,11-12H,7-10,13H2,1H3,(H,23,24). The third kappa shape index (κ3) is 3.71. The first-order valence-corrected chi connectivity index (χ1v) is 8.20. The maximum Gasteiger partial charge on any atom is 0.335 e. The monoisotopic (exact) mass is 323 g/mol. The third-order valence-corrected chi connectivity index (χ3v) is 4.59. The highest BCUT2D eigenvalue weighted by Crippen LogP contribution is 2.19. The van der Waals surface area contributed by atoms with Crippen LogP contribution in [-0.2, 0) is 19.4 Å². The summed E-state index contributed by atoms with van der Waals surface area (Å²) in [5, 5.41) is 9.11. The Morgan fingerprint density at radius 3 is 2.46 bits per heavy atom. The van der Waals surface area contributed by atoms with E-state index in [0.29, 0.717) is 5.56 Å². The third-order valence-electron chi connectivity index (χ3n) is 4.59. The number of carbonyl (C=O) groups excluding carboxylic acids is 1. The molecule has 0 aromatic heterocycles. The van der Waals surface area contributed by atoms with Crippen LogP contribution in [0.1, 0.15) is 44.3 Å². The van der Waals surface area contributed by atoms with Crippen molar-refractivity contribution in [2.45, 2.75) is 26.3 Å². The van der Waals surface area contributed by atoms with E-state index in [4.69, 9.17) is 5.11 Å². The Morgan fingerprint density at radius 1 is 1.00 bits per heavy atom. The summed E-state index contributed by atoms with van der Waals surface area (Å²) in [4.78, 5) is 25.0. The molecule has 0 radical (unpaired) electrons. The van der Waals surface area contributed by atoms with Crippen LogP contribution in [0.2, 0.25) is 0 Å². The first-order valence-electron chi connectivity index (χ1n) is 8.20. The van der Waals surface area contributed by atoms with Crippen molar-refractivity contribution in [3.63, 3.8) is 0 Å². The first kappa shape index (κ1) is 16.4. The lowest BCUT2D eigenvalue weighted by Crippen LogP contribution is -2.26. The fraction of sp³-hybridized carbons (Fsp3) is 0.300. The summed E-state index contributed by atoms with van der Waals surface area (Å²) in [6.45, 7) is 4.18. The molecule has 4 heteroatoms. The predicted octanol–water partition coefficient (Wildman–Crippen LogP) is 3.19. The SMILES string of the molecule is CC(=O)c1ccc2c(c1)CCN(Cc1cccc(C(=O)O)c1)CC2. The molecule has 24 heavy (non-hydrogen) atoms. The van der Waals surface area contributed by atoms with E-state index in [1.807, 2.05) is 18.2 Å². The molecule has 1 aliphatic heterocycles. The van der Waals surface area contributed by atoms with Gasteiger partial charge in [0.15, 0.2) is 5.78 Å². The minimum absolute atomic E-state index is 0.101. The van der Waals surface area contributed by atoms with Crippen LogP contribution in [0.3, 0.4) is 0 Å². The van der Waals surface area contributed by atoms with Crippen molar-refractivity contribution < 1.29 is 14.7 Å². The van der Waals surface area contributed by atoms with Gasteiger partial charge in [-0.15, -0.1) is 0 Å². The van der Waals surface area contributed by atoms with Crippen LogP contribution < -0.4 is 0 Å². The Hall–Kier alpha value is -2.46. The molecule has 0 atom stereocenters. The number of ketones is 1. The smallest absolute Gasteiger partial charge is 0.335 e. The number of aromatic carboxylic acids is 1. The minimum Gasteiger partial charge on any atom is -0.478 e. The van der Waals surface area contributed by atoms with E-state index in [9.17, 15) is 9.59 Å². The Kier molecular flexibility index (Phi) is 4.76. The number of carboxylic acid groups (broad SMARTS) is 1. The molecule has 2 aromatic rings. The van der Waals surface area contributed by atoms with Gasteiger partial charge in [-0.3, -0.25) is 9.69 Å². The van der Waals surface area contributed by atoms with Gasteiger partial charge >= 0.3 is 5.97 Å². The molecule has 0 spiro atoms. The Bertz CT molecular complexity index is 782. The average Bonchev–Trinajstić information content (AvgIpc) is 2.77. The zero-order valence-electron chi connectivity index (χ0n) is 13.8. The van der Waals surface area contributed by atoms with Crippen molar-refractivity contribution in [1.29, 1.82) is 0 Å². The fourth-order valence-electron chi connectivity index (χ4n) is 3.21. The zero-order valence-corrected chi connectivity index (χ0v) is 13.8. The van der Waals surface area contributed by atoms with Gasteiger partial charge in [-0.05, 0) is 54.7 Å². The second kappa shape index (κ2) is 6.97. The van der Waals surface area contributed by atoms with E-state index in [0.717, 1.165) is 43.6 Å². The average molecular weight is 323 g/mol. The van der Waals surface area contributed by atoms with Gasteiger partial charge in [0.1, 0.15) is 0 Å². The summed E-state index contributed by atoms with van der Waals surface area (Å²) >= 11 is 0. The second-order valence-corrected chi connectivity index (χ2v) is 6.32. The quantitative estimate of drug-likeness (QED) is 0.878. The maximum atomic E-state index is 11.6. The number of carboxylic acids is 1. The number of fused-ring (bicyclic) bond motifs is 1. The Balaban J connectivity index is 1.71. The van der Waals surface area contributed by atoms with Gasteiger partial charge in [-0.2, -0.15) is 0 Å². The van der Waals surface area contributed by atoms with E-state index in [2.05, 4.69) is 11.0 Å². The van der Waals surface area contributed by atoms with Crippen molar-refractivity contribution in [2.24, 2.45) is 0 Å². The minimum atomic E-state index is -0.892. The lowest BCUT2D eigenvalue weighted by atomic mass is 9.99. The van der Waals surface area contributed by atoms with Gasteiger partial charge < -0.3 is 5.11 Å². The normalized spacial score (nSPS) is 14.7. The van der Waals surface area contributed by atoms with Crippen molar-refractivity contribution in [3.8, 4) is 0 Å². The summed E-state index contributed by atoms with van der Waals surface area (Å²) in [5.41, 5.74) is 4.68. The van der Waals surface area contributed by atoms with Crippen molar-refractivity contribution in [2.75, 3.05) is 13.1 Å². The predicted molar refractivity (Wildman–Crippen MR) is 92.5 cm³/mol. The van der Waals surface area contributed by atoms with Gasteiger partial charge in [-0.1, -0.05) is 24.3 Å². The van der Waals surface area contributed by atoms with Crippen LogP contribution in [0.25, 0.3) is 0 Å². The summed E-state index contributed by atoms with van der Waals surface area (Å²) in [5.74, 6) is -0.790. The molecule has 0 saturated carbocycles. The molecule has 0 fully saturated rings. The maximum absolute atomic E-state index is 11.6. The second-order valence-electron chi connectivity index (χ2n) is 6.32.